The zero-order chi connectivity index (χ0) is 26.2. The standard InChI is InChI=1S/C29H35N5O3/c1-5-34-12-10-29(11-13-34)35-17-22-14-21(6-9-26(22)37-29)28(31)24-15-23(7-8-25(24)30)36-20(4)27-18(2)16-32-33-19(27)3/h6-9,14-16,20,31H,5,10-13,17,30H2,1-4H3/t20-/m1/s1. The number of nitrogens with one attached hydrogen (secondary N) is 1. The highest BCUT2D eigenvalue weighted by atomic mass is 16.7. The van der Waals surface area contributed by atoms with E-state index in [0.717, 1.165) is 66.2 Å². The number of aryl methyl sites for hydroxylation is 2. The first kappa shape index (κ1) is 25.2. The van der Waals surface area contributed by atoms with Crippen molar-refractivity contribution >= 4 is 11.4 Å². The summed E-state index contributed by atoms with van der Waals surface area (Å²) < 4.78 is 18.9. The van der Waals surface area contributed by atoms with E-state index in [1.807, 2.05) is 51.1 Å². The maximum absolute atomic E-state index is 8.93. The number of nitrogens with two attached hydrogens (primary N) is 1. The zero-order valence-corrected chi connectivity index (χ0v) is 22.0. The number of ether oxygens (including phenoxy) is 3. The molecule has 0 amide bonds. The molecule has 0 unspecified atom stereocenters. The second kappa shape index (κ2) is 10.1. The van der Waals surface area contributed by atoms with Crippen LogP contribution in [0.5, 0.6) is 11.5 Å². The van der Waals surface area contributed by atoms with Crippen LogP contribution in [0.1, 0.15) is 66.3 Å². The van der Waals surface area contributed by atoms with E-state index >= 15 is 0 Å². The SMILES string of the molecule is CCN1CCC2(CC1)OCc1cc(C(=N)c3cc(O[C@H](C)c4c(C)cnnc4C)ccc3N)ccc1O2. The van der Waals surface area contributed by atoms with Gasteiger partial charge in [-0.3, -0.25) is 5.41 Å². The summed E-state index contributed by atoms with van der Waals surface area (Å²) in [6.07, 6.45) is 3.23. The molecule has 0 aliphatic carbocycles. The van der Waals surface area contributed by atoms with E-state index in [1.165, 1.54) is 0 Å². The molecule has 0 bridgehead atoms. The molecule has 0 radical (unpaired) electrons. The van der Waals surface area contributed by atoms with Crippen LogP contribution in [0.15, 0.2) is 42.6 Å². The molecule has 2 aromatic carbocycles. The van der Waals surface area contributed by atoms with Crippen molar-refractivity contribution in [1.29, 1.82) is 5.41 Å². The summed E-state index contributed by atoms with van der Waals surface area (Å²) in [6, 6.07) is 11.3. The first-order valence-corrected chi connectivity index (χ1v) is 12.9. The first-order valence-electron chi connectivity index (χ1n) is 12.9. The number of nitrogens with zero attached hydrogens (tertiary/aromatic N) is 3. The number of benzene rings is 2. The van der Waals surface area contributed by atoms with Gasteiger partial charge in [0.1, 0.15) is 17.6 Å². The average molecular weight is 502 g/mol. The topological polar surface area (TPSA) is 107 Å². The molecule has 8 nitrogen and oxygen atoms in total. The molecule has 2 aliphatic rings. The van der Waals surface area contributed by atoms with Crippen LogP contribution < -0.4 is 15.2 Å². The van der Waals surface area contributed by atoms with E-state index in [-0.39, 0.29) is 6.10 Å². The van der Waals surface area contributed by atoms with Gasteiger partial charge in [-0.1, -0.05) is 6.92 Å². The Morgan fingerprint density at radius 2 is 1.97 bits per heavy atom. The molecule has 2 aliphatic heterocycles. The highest BCUT2D eigenvalue weighted by molar-refractivity contribution is 6.14. The second-order valence-electron chi connectivity index (χ2n) is 9.97. The number of anilines is 1. The minimum Gasteiger partial charge on any atom is -0.486 e. The third-order valence-electron chi connectivity index (χ3n) is 7.49. The van der Waals surface area contributed by atoms with Crippen molar-refractivity contribution < 1.29 is 14.2 Å². The minimum absolute atomic E-state index is 0.226. The predicted octanol–water partition coefficient (Wildman–Crippen LogP) is 4.95. The third-order valence-corrected chi connectivity index (χ3v) is 7.49. The van der Waals surface area contributed by atoms with Crippen LogP contribution >= 0.6 is 0 Å². The number of hydrogen-bond donors (Lipinski definition) is 2. The van der Waals surface area contributed by atoms with Crippen molar-refractivity contribution in [2.45, 2.75) is 59.0 Å². The Hall–Kier alpha value is -3.49. The van der Waals surface area contributed by atoms with Crippen LogP contribution in [-0.4, -0.2) is 46.2 Å². The third kappa shape index (κ3) is 5.04. The Bertz CT molecular complexity index is 1300. The Morgan fingerprint density at radius 3 is 2.70 bits per heavy atom. The lowest BCUT2D eigenvalue weighted by molar-refractivity contribution is -0.227. The van der Waals surface area contributed by atoms with Gasteiger partial charge >= 0.3 is 0 Å². The number of likely N-dealkylation sites (tertiary alicyclic amines) is 1. The molecule has 1 spiro atoms. The maximum atomic E-state index is 8.93. The summed E-state index contributed by atoms with van der Waals surface area (Å²) in [4.78, 5) is 2.41. The van der Waals surface area contributed by atoms with E-state index in [1.54, 1.807) is 12.3 Å². The fourth-order valence-corrected chi connectivity index (χ4v) is 5.31. The van der Waals surface area contributed by atoms with Crippen molar-refractivity contribution in [3.63, 3.8) is 0 Å². The predicted molar refractivity (Wildman–Crippen MR) is 143 cm³/mol. The summed E-state index contributed by atoms with van der Waals surface area (Å²) in [7, 11) is 0. The molecule has 1 saturated heterocycles. The summed E-state index contributed by atoms with van der Waals surface area (Å²) in [6.45, 7) is 11.6. The lowest BCUT2D eigenvalue weighted by Gasteiger charge is -2.43. The molecular formula is C29H35N5O3. The smallest absolute Gasteiger partial charge is 0.213 e. The largest absolute Gasteiger partial charge is 0.486 e. The Labute approximate surface area is 218 Å². The summed E-state index contributed by atoms with van der Waals surface area (Å²) in [5.41, 5.74) is 12.3. The molecule has 8 heteroatoms. The van der Waals surface area contributed by atoms with E-state index in [9.17, 15) is 0 Å². The molecule has 194 valence electrons. The van der Waals surface area contributed by atoms with Crippen molar-refractivity contribution in [2.24, 2.45) is 0 Å². The number of piperidine rings is 1. The van der Waals surface area contributed by atoms with Gasteiger partial charge in [-0.25, -0.2) is 0 Å². The number of nitrogen functional groups attached to an aromatic ring is 1. The van der Waals surface area contributed by atoms with Crippen molar-refractivity contribution in [1.82, 2.24) is 15.1 Å². The Kier molecular flexibility index (Phi) is 6.88. The molecule has 1 aromatic heterocycles. The Balaban J connectivity index is 1.34. The van der Waals surface area contributed by atoms with Gasteiger partial charge in [-0.15, -0.1) is 0 Å². The van der Waals surface area contributed by atoms with Gasteiger partial charge in [-0.2, -0.15) is 10.2 Å². The minimum atomic E-state index is -0.540. The monoisotopic (exact) mass is 501 g/mol. The summed E-state index contributed by atoms with van der Waals surface area (Å²) >= 11 is 0. The highest BCUT2D eigenvalue weighted by Gasteiger charge is 2.40. The van der Waals surface area contributed by atoms with Crippen LogP contribution in [0.25, 0.3) is 0 Å². The van der Waals surface area contributed by atoms with Gasteiger partial charge in [0.05, 0.1) is 24.2 Å². The van der Waals surface area contributed by atoms with Crippen LogP contribution in [0.3, 0.4) is 0 Å². The maximum Gasteiger partial charge on any atom is 0.213 e. The molecule has 3 aromatic rings. The highest BCUT2D eigenvalue weighted by Crippen LogP contribution is 2.38. The molecule has 0 saturated carbocycles. The Morgan fingerprint density at radius 1 is 1.19 bits per heavy atom. The summed E-state index contributed by atoms with van der Waals surface area (Å²) in [5.74, 6) is 0.937. The fourth-order valence-electron chi connectivity index (χ4n) is 5.31. The number of aromatic nitrogens is 2. The molecule has 1 fully saturated rings. The van der Waals surface area contributed by atoms with Gasteiger partial charge in [-0.05, 0) is 69.3 Å². The molecular weight excluding hydrogens is 466 g/mol. The zero-order valence-electron chi connectivity index (χ0n) is 22.0. The van der Waals surface area contributed by atoms with Crippen LogP contribution in [0.4, 0.5) is 5.69 Å². The molecule has 37 heavy (non-hydrogen) atoms. The molecule has 3 N–H and O–H groups in total. The number of fused-ring (bicyclic) bond motifs is 1. The normalized spacial score (nSPS) is 17.6. The fraction of sp³-hybridized carbons (Fsp3) is 0.414. The van der Waals surface area contributed by atoms with Gasteiger partial charge in [0.2, 0.25) is 5.79 Å². The van der Waals surface area contributed by atoms with Crippen LogP contribution in [0, 0.1) is 19.3 Å². The lowest BCUT2D eigenvalue weighted by atomic mass is 9.97. The van der Waals surface area contributed by atoms with Crippen molar-refractivity contribution in [3.05, 3.63) is 76.1 Å². The molecule has 3 heterocycles. The van der Waals surface area contributed by atoms with E-state index < -0.39 is 5.79 Å². The van der Waals surface area contributed by atoms with Gasteiger partial charge in [0.15, 0.2) is 0 Å². The van der Waals surface area contributed by atoms with Crippen molar-refractivity contribution in [2.75, 3.05) is 25.4 Å². The van der Waals surface area contributed by atoms with Crippen molar-refractivity contribution in [3.8, 4) is 11.5 Å². The van der Waals surface area contributed by atoms with E-state index in [4.69, 9.17) is 25.4 Å². The lowest BCUT2D eigenvalue weighted by Crippen LogP contribution is -2.51. The first-order chi connectivity index (χ1) is 17.8. The molecule has 5 rings (SSSR count). The number of hydrogen-bond acceptors (Lipinski definition) is 8. The second-order valence-corrected chi connectivity index (χ2v) is 9.97. The summed E-state index contributed by atoms with van der Waals surface area (Å²) in [5, 5.41) is 17.1. The van der Waals surface area contributed by atoms with Crippen LogP contribution in [0.2, 0.25) is 0 Å². The number of rotatable bonds is 6. The van der Waals surface area contributed by atoms with Gasteiger partial charge < -0.3 is 24.8 Å². The van der Waals surface area contributed by atoms with E-state index in [0.29, 0.717) is 29.3 Å². The van der Waals surface area contributed by atoms with Gasteiger partial charge in [0, 0.05) is 53.9 Å². The van der Waals surface area contributed by atoms with Gasteiger partial charge in [0.25, 0.3) is 0 Å². The quantitative estimate of drug-likeness (QED) is 0.363. The average Bonchev–Trinajstić information content (AvgIpc) is 2.89. The van der Waals surface area contributed by atoms with E-state index in [2.05, 4.69) is 22.0 Å². The van der Waals surface area contributed by atoms with Crippen LogP contribution in [-0.2, 0) is 11.3 Å². The molecule has 1 atom stereocenters.